The summed E-state index contributed by atoms with van der Waals surface area (Å²) in [6, 6.07) is 5.63. The van der Waals surface area contributed by atoms with E-state index in [9.17, 15) is 4.79 Å². The Bertz CT molecular complexity index is 805. The highest BCUT2D eigenvalue weighted by Crippen LogP contribution is 2.39. The molecule has 2 heterocycles. The molecule has 2 aliphatic rings. The van der Waals surface area contributed by atoms with Crippen molar-refractivity contribution in [1.29, 1.82) is 0 Å². The van der Waals surface area contributed by atoms with Crippen LogP contribution in [0, 0.1) is 0 Å². The topological polar surface area (TPSA) is 104 Å². The van der Waals surface area contributed by atoms with Gasteiger partial charge in [0.25, 0.3) is 0 Å². The van der Waals surface area contributed by atoms with Crippen LogP contribution >= 0.6 is 11.8 Å². The molecule has 3 N–H and O–H groups in total. The molecule has 1 aromatic heterocycles. The van der Waals surface area contributed by atoms with Crippen LogP contribution in [0.15, 0.2) is 23.4 Å². The third-order valence-electron chi connectivity index (χ3n) is 4.19. The number of hydrogen-bond donors (Lipinski definition) is 2. The fraction of sp³-hybridized carbons (Fsp3) is 0.438. The number of carbonyl (C=O) groups excluding carboxylic acids is 1. The summed E-state index contributed by atoms with van der Waals surface area (Å²) in [6.45, 7) is 2.48. The second-order valence-electron chi connectivity index (χ2n) is 6.15. The fourth-order valence-corrected chi connectivity index (χ4v) is 3.39. The van der Waals surface area contributed by atoms with Gasteiger partial charge in [-0.3, -0.25) is 4.79 Å². The Labute approximate surface area is 149 Å². The van der Waals surface area contributed by atoms with Gasteiger partial charge in [-0.15, -0.1) is 10.2 Å². The third-order valence-corrected chi connectivity index (χ3v) is 5.25. The van der Waals surface area contributed by atoms with Crippen molar-refractivity contribution in [2.45, 2.75) is 42.6 Å². The van der Waals surface area contributed by atoms with Gasteiger partial charge in [-0.2, -0.15) is 0 Å². The summed E-state index contributed by atoms with van der Waals surface area (Å²) in [5, 5.41) is 11.4. The quantitative estimate of drug-likeness (QED) is 0.592. The minimum Gasteiger partial charge on any atom is -0.454 e. The number of nitrogens with zero attached hydrogens (tertiary/aromatic N) is 3. The van der Waals surface area contributed by atoms with E-state index in [1.54, 1.807) is 0 Å². The Hall–Kier alpha value is -2.42. The van der Waals surface area contributed by atoms with Crippen LogP contribution in [0.4, 0.5) is 0 Å². The first-order valence-electron chi connectivity index (χ1n) is 8.15. The van der Waals surface area contributed by atoms with Crippen LogP contribution in [-0.4, -0.2) is 32.8 Å². The first kappa shape index (κ1) is 16.1. The lowest BCUT2D eigenvalue weighted by Crippen LogP contribution is -2.31. The van der Waals surface area contributed by atoms with Crippen molar-refractivity contribution in [3.05, 3.63) is 29.6 Å². The van der Waals surface area contributed by atoms with Crippen LogP contribution in [-0.2, 0) is 11.3 Å². The molecule has 25 heavy (non-hydrogen) atoms. The SMILES string of the molecule is C[C@@H](Sc1nnc(C2CC2)n1N)C(=O)NCc1ccc2c(c1)OCO2. The van der Waals surface area contributed by atoms with Crippen LogP contribution in [0.3, 0.4) is 0 Å². The summed E-state index contributed by atoms with van der Waals surface area (Å²) < 4.78 is 12.1. The van der Waals surface area contributed by atoms with E-state index in [1.165, 1.54) is 16.4 Å². The number of hydrogen-bond acceptors (Lipinski definition) is 7. The molecule has 0 saturated heterocycles. The number of ether oxygens (including phenoxy) is 2. The average Bonchev–Trinajstić information content (AvgIpc) is 3.23. The first-order valence-corrected chi connectivity index (χ1v) is 9.03. The highest BCUT2D eigenvalue weighted by atomic mass is 32.2. The van der Waals surface area contributed by atoms with Crippen molar-refractivity contribution in [1.82, 2.24) is 20.2 Å². The monoisotopic (exact) mass is 361 g/mol. The van der Waals surface area contributed by atoms with E-state index in [0.29, 0.717) is 23.4 Å². The van der Waals surface area contributed by atoms with Crippen molar-refractivity contribution in [2.75, 3.05) is 12.6 Å². The zero-order chi connectivity index (χ0) is 17.4. The lowest BCUT2D eigenvalue weighted by molar-refractivity contribution is -0.120. The molecule has 1 aliphatic carbocycles. The Kier molecular flexibility index (Phi) is 4.16. The van der Waals surface area contributed by atoms with E-state index >= 15 is 0 Å². The molecule has 0 bridgehead atoms. The summed E-state index contributed by atoms with van der Waals surface area (Å²) >= 11 is 1.31. The summed E-state index contributed by atoms with van der Waals surface area (Å²) in [4.78, 5) is 12.3. The van der Waals surface area contributed by atoms with Gasteiger partial charge in [0.05, 0.1) is 5.25 Å². The minimum absolute atomic E-state index is 0.0846. The van der Waals surface area contributed by atoms with Crippen molar-refractivity contribution >= 4 is 17.7 Å². The van der Waals surface area contributed by atoms with Crippen molar-refractivity contribution in [3.63, 3.8) is 0 Å². The molecule has 1 fully saturated rings. The van der Waals surface area contributed by atoms with Gasteiger partial charge >= 0.3 is 0 Å². The number of carbonyl (C=O) groups is 1. The Balaban J connectivity index is 1.33. The highest BCUT2D eigenvalue weighted by molar-refractivity contribution is 8.00. The predicted octanol–water partition coefficient (Wildman–Crippen LogP) is 1.39. The van der Waals surface area contributed by atoms with E-state index in [2.05, 4.69) is 15.5 Å². The lowest BCUT2D eigenvalue weighted by atomic mass is 10.2. The molecule has 8 nitrogen and oxygen atoms in total. The molecule has 132 valence electrons. The Morgan fingerprint density at radius 2 is 2.20 bits per heavy atom. The maximum atomic E-state index is 12.3. The predicted molar refractivity (Wildman–Crippen MR) is 91.9 cm³/mol. The Morgan fingerprint density at radius 3 is 3.00 bits per heavy atom. The van der Waals surface area contributed by atoms with E-state index in [1.807, 2.05) is 25.1 Å². The third kappa shape index (κ3) is 3.37. The van der Waals surface area contributed by atoms with Gasteiger partial charge in [0.1, 0.15) is 0 Å². The normalized spacial score (nSPS) is 16.7. The van der Waals surface area contributed by atoms with E-state index in [0.717, 1.165) is 30.0 Å². The van der Waals surface area contributed by atoms with Gasteiger partial charge in [-0.1, -0.05) is 17.8 Å². The number of thioether (sulfide) groups is 1. The van der Waals surface area contributed by atoms with Crippen LogP contribution < -0.4 is 20.6 Å². The molecule has 1 amide bonds. The van der Waals surface area contributed by atoms with Crippen molar-refractivity contribution < 1.29 is 14.3 Å². The second-order valence-corrected chi connectivity index (χ2v) is 7.46. The molecule has 1 saturated carbocycles. The molecule has 1 aromatic carbocycles. The van der Waals surface area contributed by atoms with Crippen LogP contribution in [0.25, 0.3) is 0 Å². The van der Waals surface area contributed by atoms with Gasteiger partial charge in [-0.05, 0) is 37.5 Å². The molecule has 9 heteroatoms. The summed E-state index contributed by atoms with van der Waals surface area (Å²) in [6.07, 6.45) is 2.21. The molecule has 0 spiro atoms. The molecule has 0 unspecified atom stereocenters. The van der Waals surface area contributed by atoms with Gasteiger partial charge in [0.15, 0.2) is 17.3 Å². The molecular formula is C16H19N5O3S. The smallest absolute Gasteiger partial charge is 0.233 e. The van der Waals surface area contributed by atoms with E-state index in [4.69, 9.17) is 15.3 Å². The second kappa shape index (κ2) is 6.47. The summed E-state index contributed by atoms with van der Waals surface area (Å²) in [5.41, 5.74) is 0.952. The maximum Gasteiger partial charge on any atom is 0.233 e. The number of nitrogen functional groups attached to an aromatic ring is 1. The molecule has 1 atom stereocenters. The highest BCUT2D eigenvalue weighted by Gasteiger charge is 2.30. The number of nitrogens with one attached hydrogen (secondary N) is 1. The summed E-state index contributed by atoms with van der Waals surface area (Å²) in [7, 11) is 0. The van der Waals surface area contributed by atoms with Crippen molar-refractivity contribution in [2.24, 2.45) is 0 Å². The first-order chi connectivity index (χ1) is 12.1. The number of nitrogens with two attached hydrogens (primary N) is 1. The van der Waals surface area contributed by atoms with Gasteiger partial charge in [0, 0.05) is 12.5 Å². The van der Waals surface area contributed by atoms with Crippen LogP contribution in [0.2, 0.25) is 0 Å². The zero-order valence-corrected chi connectivity index (χ0v) is 14.6. The Morgan fingerprint density at radius 1 is 1.40 bits per heavy atom. The number of rotatable bonds is 6. The van der Waals surface area contributed by atoms with Gasteiger partial charge < -0.3 is 20.6 Å². The fourth-order valence-electron chi connectivity index (χ4n) is 2.58. The van der Waals surface area contributed by atoms with Crippen LogP contribution in [0.5, 0.6) is 11.5 Å². The zero-order valence-electron chi connectivity index (χ0n) is 13.8. The maximum absolute atomic E-state index is 12.3. The standard InChI is InChI=1S/C16H19N5O3S/c1-9(25-16-20-19-14(21(16)17)11-3-4-11)15(22)18-7-10-2-5-12-13(6-10)24-8-23-12/h2,5-6,9,11H,3-4,7-8,17H2,1H3,(H,18,22)/t9-/m1/s1. The number of fused-ring (bicyclic) bond motifs is 1. The molecule has 2 aromatic rings. The average molecular weight is 361 g/mol. The van der Waals surface area contributed by atoms with Gasteiger partial charge in [0.2, 0.25) is 17.9 Å². The number of aromatic nitrogens is 3. The lowest BCUT2D eigenvalue weighted by Gasteiger charge is -2.12. The molecule has 1 aliphatic heterocycles. The molecule has 0 radical (unpaired) electrons. The number of amides is 1. The molecule has 4 rings (SSSR count). The summed E-state index contributed by atoms with van der Waals surface area (Å²) in [5.74, 6) is 8.59. The van der Waals surface area contributed by atoms with Crippen LogP contribution in [0.1, 0.15) is 37.1 Å². The minimum atomic E-state index is -0.326. The van der Waals surface area contributed by atoms with E-state index < -0.39 is 0 Å². The largest absolute Gasteiger partial charge is 0.454 e. The van der Waals surface area contributed by atoms with Crippen molar-refractivity contribution in [3.8, 4) is 11.5 Å². The van der Waals surface area contributed by atoms with Gasteiger partial charge in [-0.25, -0.2) is 4.68 Å². The van der Waals surface area contributed by atoms with E-state index in [-0.39, 0.29) is 18.0 Å². The molecular weight excluding hydrogens is 342 g/mol. The number of benzene rings is 1.